The topological polar surface area (TPSA) is 129 Å². The van der Waals surface area contributed by atoms with Crippen LogP contribution in [-0.2, 0) is 4.74 Å². The fourth-order valence-corrected chi connectivity index (χ4v) is 3.75. The maximum absolute atomic E-state index is 12.0. The Labute approximate surface area is 207 Å². The van der Waals surface area contributed by atoms with E-state index in [-0.39, 0.29) is 0 Å². The third kappa shape index (κ3) is 6.06. The van der Waals surface area contributed by atoms with Gasteiger partial charge in [0.25, 0.3) is 0 Å². The van der Waals surface area contributed by atoms with Crippen molar-refractivity contribution in [1.29, 1.82) is 0 Å². The highest BCUT2D eigenvalue weighted by Crippen LogP contribution is 2.37. The largest absolute Gasteiger partial charge is 0.493 e. The number of amides is 1. The molecular formula is C24H26N4O6S. The van der Waals surface area contributed by atoms with Crippen LogP contribution in [0, 0.1) is 6.92 Å². The number of ether oxygens (including phenoxy) is 3. The van der Waals surface area contributed by atoms with Crippen LogP contribution in [0.5, 0.6) is 11.5 Å². The minimum atomic E-state index is -0.854. The van der Waals surface area contributed by atoms with Gasteiger partial charge in [-0.2, -0.15) is 9.98 Å². The lowest BCUT2D eigenvalue weighted by molar-refractivity contribution is 0.182. The Balaban J connectivity index is 2.19. The van der Waals surface area contributed by atoms with Gasteiger partial charge in [-0.05, 0) is 49.6 Å². The molecule has 1 unspecified atom stereocenters. The second-order valence-corrected chi connectivity index (χ2v) is 8.01. The van der Waals surface area contributed by atoms with Gasteiger partial charge in [-0.25, -0.2) is 9.79 Å². The number of hydrogen-bond acceptors (Lipinski definition) is 10. The summed E-state index contributed by atoms with van der Waals surface area (Å²) >= 11 is 1.23. The first-order valence-electron chi connectivity index (χ1n) is 10.5. The normalized spacial score (nSPS) is 12.9. The van der Waals surface area contributed by atoms with Crippen LogP contribution in [-0.4, -0.2) is 59.7 Å². The number of aromatic nitrogens is 2. The molecule has 184 valence electrons. The van der Waals surface area contributed by atoms with E-state index < -0.39 is 12.2 Å². The highest BCUT2D eigenvalue weighted by atomic mass is 32.2. The standard InChI is InChI=1S/C24H26N4O6S/c1-13(29)18-11-16(12-19(31-3)21(18)32-4)20(23(35-6)27-24(30)33-5)26-17-9-7-15(8-10-17)22-25-14(2)34-28-22/h7-13,29H,1-6H3/b26-20-,27-23-. The SMILES string of the molecule is COC(=O)/N=C(SC)/C(=N\c1ccc(-c2noc(C)n2)cc1)c1cc(OC)c(OC)c(C(C)O)c1. The number of aryl methyl sites for hydroxylation is 1. The minimum Gasteiger partial charge on any atom is -0.493 e. The maximum Gasteiger partial charge on any atom is 0.434 e. The summed E-state index contributed by atoms with van der Waals surface area (Å²) in [4.78, 5) is 25.0. The third-order valence-electron chi connectivity index (χ3n) is 4.89. The van der Waals surface area contributed by atoms with Gasteiger partial charge in [0.2, 0.25) is 11.7 Å². The minimum absolute atomic E-state index is 0.318. The van der Waals surface area contributed by atoms with Crippen LogP contribution >= 0.6 is 11.8 Å². The summed E-state index contributed by atoms with van der Waals surface area (Å²) in [7, 11) is 4.25. The molecule has 1 amide bonds. The van der Waals surface area contributed by atoms with E-state index in [1.807, 2.05) is 12.1 Å². The molecule has 1 aromatic heterocycles. The summed E-state index contributed by atoms with van der Waals surface area (Å²) in [5.41, 5.74) is 2.79. The first-order chi connectivity index (χ1) is 16.8. The van der Waals surface area contributed by atoms with E-state index in [1.165, 1.54) is 33.1 Å². The Hall–Kier alpha value is -3.70. The van der Waals surface area contributed by atoms with Crippen molar-refractivity contribution in [2.75, 3.05) is 27.6 Å². The molecular weight excluding hydrogens is 472 g/mol. The van der Waals surface area contributed by atoms with Gasteiger partial charge < -0.3 is 23.8 Å². The number of carbonyl (C=O) groups excluding carboxylic acids is 1. The highest BCUT2D eigenvalue weighted by molar-refractivity contribution is 8.15. The first-order valence-corrected chi connectivity index (χ1v) is 11.7. The van der Waals surface area contributed by atoms with Crippen LogP contribution in [0.2, 0.25) is 0 Å². The fourth-order valence-electron chi connectivity index (χ4n) is 3.23. The van der Waals surface area contributed by atoms with Gasteiger partial charge in [0.05, 0.1) is 33.1 Å². The Morgan fingerprint density at radius 2 is 1.86 bits per heavy atom. The summed E-state index contributed by atoms with van der Waals surface area (Å²) in [5.74, 6) is 1.74. The van der Waals surface area contributed by atoms with E-state index >= 15 is 0 Å². The van der Waals surface area contributed by atoms with Crippen LogP contribution in [0.25, 0.3) is 11.4 Å². The monoisotopic (exact) mass is 498 g/mol. The van der Waals surface area contributed by atoms with Gasteiger partial charge in [-0.1, -0.05) is 5.16 Å². The molecule has 35 heavy (non-hydrogen) atoms. The number of rotatable bonds is 7. The van der Waals surface area contributed by atoms with Crippen LogP contribution in [0.1, 0.15) is 30.0 Å². The van der Waals surface area contributed by atoms with Gasteiger partial charge in [-0.3, -0.25) is 0 Å². The summed E-state index contributed by atoms with van der Waals surface area (Å²) in [6.07, 6.45) is 0.157. The number of aliphatic imine (C=N–C) groups is 2. The molecule has 0 aliphatic heterocycles. The van der Waals surface area contributed by atoms with E-state index in [1.54, 1.807) is 44.4 Å². The van der Waals surface area contributed by atoms with Gasteiger partial charge in [0, 0.05) is 23.6 Å². The zero-order valence-corrected chi connectivity index (χ0v) is 21.0. The van der Waals surface area contributed by atoms with E-state index in [4.69, 9.17) is 23.7 Å². The van der Waals surface area contributed by atoms with Crippen LogP contribution in [0.15, 0.2) is 50.9 Å². The number of benzene rings is 2. The van der Waals surface area contributed by atoms with Crippen molar-refractivity contribution < 1.29 is 28.6 Å². The molecule has 0 bridgehead atoms. The molecule has 3 rings (SSSR count). The van der Waals surface area contributed by atoms with Gasteiger partial charge in [0.1, 0.15) is 10.8 Å². The lowest BCUT2D eigenvalue weighted by atomic mass is 10.0. The van der Waals surface area contributed by atoms with Gasteiger partial charge in [-0.15, -0.1) is 11.8 Å². The van der Waals surface area contributed by atoms with Crippen LogP contribution in [0.4, 0.5) is 10.5 Å². The second kappa shape index (κ2) is 11.6. The highest BCUT2D eigenvalue weighted by Gasteiger charge is 2.21. The van der Waals surface area contributed by atoms with Crippen molar-refractivity contribution >= 4 is 34.3 Å². The number of nitrogens with zero attached hydrogens (tertiary/aromatic N) is 4. The molecule has 1 atom stereocenters. The second-order valence-electron chi connectivity index (χ2n) is 7.21. The zero-order chi connectivity index (χ0) is 25.5. The van der Waals surface area contributed by atoms with Crippen molar-refractivity contribution in [2.24, 2.45) is 9.98 Å². The molecule has 11 heteroatoms. The smallest absolute Gasteiger partial charge is 0.434 e. The van der Waals surface area contributed by atoms with Crippen molar-refractivity contribution in [3.8, 4) is 22.9 Å². The number of thioether (sulfide) groups is 1. The molecule has 1 heterocycles. The number of hydrogen-bond donors (Lipinski definition) is 1. The maximum atomic E-state index is 12.0. The summed E-state index contributed by atoms with van der Waals surface area (Å²) in [5, 5.41) is 14.6. The fraction of sp³-hybridized carbons (Fsp3) is 0.292. The van der Waals surface area contributed by atoms with E-state index in [2.05, 4.69) is 15.1 Å². The lowest BCUT2D eigenvalue weighted by Gasteiger charge is -2.18. The Bertz CT molecular complexity index is 1250. The van der Waals surface area contributed by atoms with Gasteiger partial charge in [0.15, 0.2) is 11.5 Å². The Kier molecular flexibility index (Phi) is 8.61. The predicted octanol–water partition coefficient (Wildman–Crippen LogP) is 4.76. The van der Waals surface area contributed by atoms with Crippen molar-refractivity contribution in [3.63, 3.8) is 0 Å². The average Bonchev–Trinajstić information content (AvgIpc) is 3.31. The summed E-state index contributed by atoms with van der Waals surface area (Å²) in [6.45, 7) is 3.34. The van der Waals surface area contributed by atoms with Crippen LogP contribution in [0.3, 0.4) is 0 Å². The molecule has 10 nitrogen and oxygen atoms in total. The number of methoxy groups -OCH3 is 3. The summed E-state index contributed by atoms with van der Waals surface area (Å²) in [6, 6.07) is 10.6. The van der Waals surface area contributed by atoms with E-state index in [9.17, 15) is 9.90 Å². The Morgan fingerprint density at radius 3 is 2.37 bits per heavy atom. The molecule has 0 aliphatic carbocycles. The number of carbonyl (C=O) groups is 1. The molecule has 3 aromatic rings. The lowest BCUT2D eigenvalue weighted by Crippen LogP contribution is -2.15. The van der Waals surface area contributed by atoms with E-state index in [0.717, 1.165) is 5.56 Å². The van der Waals surface area contributed by atoms with Crippen LogP contribution < -0.4 is 9.47 Å². The molecule has 0 spiro atoms. The molecule has 0 radical (unpaired) electrons. The number of aliphatic hydroxyl groups is 1. The molecule has 0 saturated heterocycles. The Morgan fingerprint density at radius 1 is 1.14 bits per heavy atom. The summed E-state index contributed by atoms with van der Waals surface area (Å²) < 4.78 is 20.7. The van der Waals surface area contributed by atoms with Crippen molar-refractivity contribution in [1.82, 2.24) is 10.1 Å². The third-order valence-corrected chi connectivity index (χ3v) is 5.56. The molecule has 0 aliphatic rings. The molecule has 1 N–H and O–H groups in total. The first kappa shape index (κ1) is 25.9. The quantitative estimate of drug-likeness (QED) is 0.362. The molecule has 2 aromatic carbocycles. The molecule has 0 fully saturated rings. The number of aliphatic hydroxyl groups excluding tert-OH is 1. The van der Waals surface area contributed by atoms with Crippen molar-refractivity contribution in [2.45, 2.75) is 20.0 Å². The van der Waals surface area contributed by atoms with E-state index in [0.29, 0.717) is 50.8 Å². The van der Waals surface area contributed by atoms with Crippen molar-refractivity contribution in [3.05, 3.63) is 53.4 Å². The molecule has 0 saturated carbocycles. The average molecular weight is 499 g/mol. The predicted molar refractivity (Wildman–Crippen MR) is 134 cm³/mol. The zero-order valence-electron chi connectivity index (χ0n) is 20.2. The van der Waals surface area contributed by atoms with Gasteiger partial charge >= 0.3 is 6.09 Å².